The van der Waals surface area contributed by atoms with E-state index in [4.69, 9.17) is 5.73 Å². The molecule has 0 amide bonds. The monoisotopic (exact) mass is 233 g/mol. The van der Waals surface area contributed by atoms with E-state index in [2.05, 4.69) is 30.4 Å². The third-order valence-electron chi connectivity index (χ3n) is 3.02. The number of nitrogens with zero attached hydrogens (tertiary/aromatic N) is 2. The Kier molecular flexibility index (Phi) is 5.13. The summed E-state index contributed by atoms with van der Waals surface area (Å²) in [6, 6.07) is 0.432. The summed E-state index contributed by atoms with van der Waals surface area (Å²) in [6.45, 7) is 9.94. The summed E-state index contributed by atoms with van der Waals surface area (Å²) in [4.78, 5) is 9.24. The summed E-state index contributed by atoms with van der Waals surface area (Å²) in [6.07, 6.45) is 6.98. The molecule has 0 heterocycles. The molecular formula is C14H23N3. The van der Waals surface area contributed by atoms with E-state index in [1.54, 1.807) is 12.3 Å². The van der Waals surface area contributed by atoms with E-state index in [9.17, 15) is 0 Å². The highest BCUT2D eigenvalue weighted by molar-refractivity contribution is 6.10. The Hall–Kier alpha value is -1.38. The maximum absolute atomic E-state index is 5.56. The standard InChI is InChI=1S/C14H23N3/c1-5-13(10(2)3)17-14(11(4)9-15)16-12-7-6-8-12/h5,9-10,12H,1,6-8,15H2,2-4H3. The Morgan fingerprint density at radius 3 is 2.41 bits per heavy atom. The third kappa shape index (κ3) is 3.84. The molecular weight excluding hydrogens is 210 g/mol. The molecule has 1 saturated carbocycles. The fraction of sp³-hybridized carbons (Fsp3) is 0.571. The molecule has 2 N–H and O–H groups in total. The normalized spacial score (nSPS) is 19.4. The lowest BCUT2D eigenvalue weighted by molar-refractivity contribution is 0.420. The Balaban J connectivity index is 2.97. The summed E-state index contributed by atoms with van der Waals surface area (Å²) in [7, 11) is 0. The van der Waals surface area contributed by atoms with Gasteiger partial charge in [-0.25, -0.2) is 4.99 Å². The number of allylic oxidation sites excluding steroid dienone is 1. The highest BCUT2D eigenvalue weighted by Gasteiger charge is 2.17. The maximum atomic E-state index is 5.56. The van der Waals surface area contributed by atoms with Crippen molar-refractivity contribution in [3.05, 3.63) is 24.4 Å². The molecule has 0 spiro atoms. The molecule has 0 aromatic heterocycles. The van der Waals surface area contributed by atoms with Gasteiger partial charge >= 0.3 is 0 Å². The second-order valence-corrected chi connectivity index (χ2v) is 4.78. The molecule has 17 heavy (non-hydrogen) atoms. The number of hydrogen-bond acceptors (Lipinski definition) is 2. The molecule has 0 atom stereocenters. The molecule has 1 aliphatic carbocycles. The van der Waals surface area contributed by atoms with Crippen LogP contribution in [0.3, 0.4) is 0 Å². The van der Waals surface area contributed by atoms with Crippen LogP contribution in [0.1, 0.15) is 40.0 Å². The van der Waals surface area contributed by atoms with Crippen molar-refractivity contribution in [3.63, 3.8) is 0 Å². The summed E-state index contributed by atoms with van der Waals surface area (Å²) in [5, 5.41) is 0. The minimum Gasteiger partial charge on any atom is -0.404 e. The van der Waals surface area contributed by atoms with Crippen molar-refractivity contribution in [1.82, 2.24) is 0 Å². The lowest BCUT2D eigenvalue weighted by atomic mass is 9.94. The molecule has 0 radical (unpaired) electrons. The van der Waals surface area contributed by atoms with Crippen LogP contribution >= 0.6 is 0 Å². The molecule has 0 unspecified atom stereocenters. The van der Waals surface area contributed by atoms with Crippen molar-refractivity contribution in [2.24, 2.45) is 21.6 Å². The number of amidine groups is 1. The predicted octanol–water partition coefficient (Wildman–Crippen LogP) is 3.08. The van der Waals surface area contributed by atoms with Crippen LogP contribution in [0.15, 0.2) is 34.4 Å². The number of aliphatic imine (C=N–C) groups is 2. The Bertz CT molecular complexity index is 358. The van der Waals surface area contributed by atoms with Crippen molar-refractivity contribution in [2.75, 3.05) is 0 Å². The Morgan fingerprint density at radius 1 is 1.41 bits per heavy atom. The highest BCUT2D eigenvalue weighted by Crippen LogP contribution is 2.23. The lowest BCUT2D eigenvalue weighted by Gasteiger charge is -2.22. The van der Waals surface area contributed by atoms with Crippen LogP contribution in [-0.4, -0.2) is 17.6 Å². The highest BCUT2D eigenvalue weighted by atomic mass is 15.0. The van der Waals surface area contributed by atoms with Crippen LogP contribution in [-0.2, 0) is 0 Å². The van der Waals surface area contributed by atoms with Crippen molar-refractivity contribution >= 4 is 11.5 Å². The van der Waals surface area contributed by atoms with Crippen LogP contribution in [0.5, 0.6) is 0 Å². The van der Waals surface area contributed by atoms with Gasteiger partial charge in [0.05, 0.1) is 6.04 Å². The summed E-state index contributed by atoms with van der Waals surface area (Å²) in [5.74, 6) is 1.12. The molecule has 1 aliphatic rings. The van der Waals surface area contributed by atoms with Gasteiger partial charge in [0.15, 0.2) is 5.84 Å². The van der Waals surface area contributed by atoms with Gasteiger partial charge in [-0.1, -0.05) is 20.4 Å². The van der Waals surface area contributed by atoms with Gasteiger partial charge in [-0.2, -0.15) is 0 Å². The van der Waals surface area contributed by atoms with Crippen molar-refractivity contribution in [1.29, 1.82) is 0 Å². The topological polar surface area (TPSA) is 50.7 Å². The van der Waals surface area contributed by atoms with E-state index in [1.165, 1.54) is 19.3 Å². The van der Waals surface area contributed by atoms with Gasteiger partial charge in [0.1, 0.15) is 0 Å². The van der Waals surface area contributed by atoms with Crippen LogP contribution in [0, 0.1) is 5.92 Å². The fourth-order valence-corrected chi connectivity index (χ4v) is 1.51. The molecule has 0 aromatic rings. The van der Waals surface area contributed by atoms with Crippen LogP contribution in [0.4, 0.5) is 0 Å². The van der Waals surface area contributed by atoms with Gasteiger partial charge in [0.25, 0.3) is 0 Å². The van der Waals surface area contributed by atoms with E-state index in [0.717, 1.165) is 17.1 Å². The largest absolute Gasteiger partial charge is 0.404 e. The average molecular weight is 233 g/mol. The van der Waals surface area contributed by atoms with Crippen molar-refractivity contribution in [2.45, 2.75) is 46.1 Å². The predicted molar refractivity (Wildman–Crippen MR) is 75.5 cm³/mol. The molecule has 0 saturated heterocycles. The quantitative estimate of drug-likeness (QED) is 0.588. The lowest BCUT2D eigenvalue weighted by Crippen LogP contribution is -2.18. The van der Waals surface area contributed by atoms with E-state index < -0.39 is 0 Å². The zero-order valence-corrected chi connectivity index (χ0v) is 11.1. The zero-order chi connectivity index (χ0) is 12.8. The maximum Gasteiger partial charge on any atom is 0.152 e. The zero-order valence-electron chi connectivity index (χ0n) is 11.1. The second kappa shape index (κ2) is 6.38. The van der Waals surface area contributed by atoms with Crippen LogP contribution in [0.2, 0.25) is 0 Å². The second-order valence-electron chi connectivity index (χ2n) is 4.78. The van der Waals surface area contributed by atoms with Crippen molar-refractivity contribution < 1.29 is 0 Å². The Morgan fingerprint density at radius 2 is 2.06 bits per heavy atom. The molecule has 3 nitrogen and oxygen atoms in total. The molecule has 0 bridgehead atoms. The number of rotatable bonds is 4. The number of hydrogen-bond donors (Lipinski definition) is 1. The summed E-state index contributed by atoms with van der Waals surface area (Å²) in [5.41, 5.74) is 7.45. The van der Waals surface area contributed by atoms with E-state index in [-0.39, 0.29) is 0 Å². The minimum absolute atomic E-state index is 0.352. The van der Waals surface area contributed by atoms with E-state index in [1.807, 2.05) is 6.92 Å². The van der Waals surface area contributed by atoms with Crippen LogP contribution < -0.4 is 5.73 Å². The first-order valence-corrected chi connectivity index (χ1v) is 6.26. The molecule has 0 aromatic carbocycles. The van der Waals surface area contributed by atoms with Crippen molar-refractivity contribution in [3.8, 4) is 0 Å². The first-order valence-electron chi connectivity index (χ1n) is 6.26. The fourth-order valence-electron chi connectivity index (χ4n) is 1.51. The molecule has 0 aliphatic heterocycles. The average Bonchev–Trinajstić information content (AvgIpc) is 2.25. The van der Waals surface area contributed by atoms with Gasteiger partial charge in [-0.3, -0.25) is 4.99 Å². The SMILES string of the molecule is C=CC(=NC(=NC1CCC1)C(C)=CN)C(C)C. The molecule has 3 heteroatoms. The van der Waals surface area contributed by atoms with Gasteiger partial charge in [0, 0.05) is 17.5 Å². The molecule has 94 valence electrons. The molecule has 1 fully saturated rings. The van der Waals surface area contributed by atoms with Gasteiger partial charge in [-0.05, 0) is 38.2 Å². The van der Waals surface area contributed by atoms with Crippen LogP contribution in [0.25, 0.3) is 0 Å². The smallest absolute Gasteiger partial charge is 0.152 e. The first kappa shape index (κ1) is 13.7. The van der Waals surface area contributed by atoms with Gasteiger partial charge in [0.2, 0.25) is 0 Å². The van der Waals surface area contributed by atoms with E-state index in [0.29, 0.717) is 12.0 Å². The summed E-state index contributed by atoms with van der Waals surface area (Å²) >= 11 is 0. The molecule has 1 rings (SSSR count). The minimum atomic E-state index is 0.352. The summed E-state index contributed by atoms with van der Waals surface area (Å²) < 4.78 is 0. The first-order chi connectivity index (χ1) is 8.08. The van der Waals surface area contributed by atoms with Gasteiger partial charge in [-0.15, -0.1) is 0 Å². The third-order valence-corrected chi connectivity index (χ3v) is 3.02. The van der Waals surface area contributed by atoms with Gasteiger partial charge < -0.3 is 5.73 Å². The Labute approximate surface area is 104 Å². The van der Waals surface area contributed by atoms with E-state index >= 15 is 0 Å². The number of nitrogens with two attached hydrogens (primary N) is 1.